The van der Waals surface area contributed by atoms with Gasteiger partial charge in [0, 0.05) is 29.4 Å². The lowest BCUT2D eigenvalue weighted by molar-refractivity contribution is -0.132. The van der Waals surface area contributed by atoms with Gasteiger partial charge < -0.3 is 14.4 Å². The van der Waals surface area contributed by atoms with Gasteiger partial charge in [0.2, 0.25) is 5.91 Å². The summed E-state index contributed by atoms with van der Waals surface area (Å²) >= 11 is 7.41. The third-order valence-corrected chi connectivity index (χ3v) is 5.92. The fourth-order valence-corrected chi connectivity index (χ4v) is 4.12. The molecule has 1 amide bonds. The molecular formula is C21H21ClN4O3S. The topological polar surface area (TPSA) is 69.5 Å². The Morgan fingerprint density at radius 2 is 1.80 bits per heavy atom. The minimum atomic E-state index is 0.0700. The molecule has 1 aliphatic rings. The molecule has 1 aliphatic heterocycles. The highest BCUT2D eigenvalue weighted by molar-refractivity contribution is 7.99. The molecule has 2 aromatic carbocycles. The van der Waals surface area contributed by atoms with Crippen molar-refractivity contribution in [3.05, 3.63) is 53.6 Å². The average molecular weight is 445 g/mol. The largest absolute Gasteiger partial charge is 0.497 e. The number of ether oxygens (including phenoxy) is 2. The fourth-order valence-electron chi connectivity index (χ4n) is 3.14. The molecule has 30 heavy (non-hydrogen) atoms. The minimum Gasteiger partial charge on any atom is -0.497 e. The summed E-state index contributed by atoms with van der Waals surface area (Å²) in [6.07, 6.45) is 0. The molecule has 2 heterocycles. The Morgan fingerprint density at radius 1 is 1.10 bits per heavy atom. The van der Waals surface area contributed by atoms with E-state index in [-0.39, 0.29) is 11.7 Å². The number of hydrogen-bond acceptors (Lipinski definition) is 6. The van der Waals surface area contributed by atoms with Crippen molar-refractivity contribution in [1.29, 1.82) is 0 Å². The van der Waals surface area contributed by atoms with E-state index < -0.39 is 0 Å². The SMILES string of the molecule is COc1ccc(-n2c(SCC(=O)N3CCOCC3)nnc2-c2ccc(Cl)cc2)cc1. The lowest BCUT2D eigenvalue weighted by Crippen LogP contribution is -2.41. The van der Waals surface area contributed by atoms with Gasteiger partial charge >= 0.3 is 0 Å². The third kappa shape index (κ3) is 4.61. The van der Waals surface area contributed by atoms with E-state index in [2.05, 4.69) is 10.2 Å². The number of nitrogens with zero attached hydrogens (tertiary/aromatic N) is 4. The van der Waals surface area contributed by atoms with Gasteiger partial charge in [-0.2, -0.15) is 0 Å². The van der Waals surface area contributed by atoms with Crippen LogP contribution in [0.3, 0.4) is 0 Å². The molecule has 0 saturated carbocycles. The van der Waals surface area contributed by atoms with Gasteiger partial charge in [-0.15, -0.1) is 10.2 Å². The van der Waals surface area contributed by atoms with Crippen molar-refractivity contribution in [1.82, 2.24) is 19.7 Å². The summed E-state index contributed by atoms with van der Waals surface area (Å²) in [6.45, 7) is 2.42. The summed E-state index contributed by atoms with van der Waals surface area (Å²) < 4.78 is 12.5. The van der Waals surface area contributed by atoms with E-state index >= 15 is 0 Å². The Morgan fingerprint density at radius 3 is 2.47 bits per heavy atom. The normalized spacial score (nSPS) is 14.0. The van der Waals surface area contributed by atoms with Crippen LogP contribution in [0.25, 0.3) is 17.1 Å². The number of halogens is 1. The summed E-state index contributed by atoms with van der Waals surface area (Å²) in [7, 11) is 1.63. The third-order valence-electron chi connectivity index (χ3n) is 4.75. The number of rotatable bonds is 6. The predicted octanol–water partition coefficient (Wildman–Crippen LogP) is 3.55. The quantitative estimate of drug-likeness (QED) is 0.541. The Hall–Kier alpha value is -2.55. The fraction of sp³-hybridized carbons (Fsp3) is 0.286. The molecule has 0 spiro atoms. The smallest absolute Gasteiger partial charge is 0.233 e. The van der Waals surface area contributed by atoms with E-state index in [4.69, 9.17) is 21.1 Å². The molecule has 1 aromatic heterocycles. The highest BCUT2D eigenvalue weighted by Gasteiger charge is 2.21. The van der Waals surface area contributed by atoms with E-state index in [9.17, 15) is 4.79 Å². The van der Waals surface area contributed by atoms with Crippen LogP contribution >= 0.6 is 23.4 Å². The number of benzene rings is 2. The number of aromatic nitrogens is 3. The highest BCUT2D eigenvalue weighted by atomic mass is 35.5. The van der Waals surface area contributed by atoms with E-state index in [1.54, 1.807) is 7.11 Å². The van der Waals surface area contributed by atoms with Crippen LogP contribution in [0.1, 0.15) is 0 Å². The van der Waals surface area contributed by atoms with Gasteiger partial charge in [0.05, 0.1) is 26.1 Å². The molecular weight excluding hydrogens is 424 g/mol. The van der Waals surface area contributed by atoms with E-state index in [0.717, 1.165) is 17.0 Å². The van der Waals surface area contributed by atoms with E-state index in [0.29, 0.717) is 42.3 Å². The molecule has 0 bridgehead atoms. The maximum absolute atomic E-state index is 12.6. The first kappa shape index (κ1) is 20.7. The minimum absolute atomic E-state index is 0.0700. The number of morpholine rings is 1. The van der Waals surface area contributed by atoms with E-state index in [1.807, 2.05) is 58.0 Å². The second kappa shape index (κ2) is 9.51. The van der Waals surface area contributed by atoms with Crippen LogP contribution in [0.2, 0.25) is 5.02 Å². The number of methoxy groups -OCH3 is 1. The Kier molecular flexibility index (Phi) is 6.56. The van der Waals surface area contributed by atoms with Crippen molar-refractivity contribution < 1.29 is 14.3 Å². The summed E-state index contributed by atoms with van der Waals surface area (Å²) in [5.41, 5.74) is 1.76. The van der Waals surface area contributed by atoms with Crippen LogP contribution in [-0.4, -0.2) is 64.7 Å². The average Bonchev–Trinajstić information content (AvgIpc) is 3.22. The van der Waals surface area contributed by atoms with Crippen LogP contribution in [0.4, 0.5) is 0 Å². The molecule has 1 saturated heterocycles. The molecule has 0 aliphatic carbocycles. The summed E-state index contributed by atoms with van der Waals surface area (Å²) in [5, 5.41) is 10.1. The zero-order chi connectivity index (χ0) is 20.9. The summed E-state index contributed by atoms with van der Waals surface area (Å²) in [5.74, 6) is 1.80. The molecule has 0 unspecified atom stereocenters. The van der Waals surface area contributed by atoms with Gasteiger partial charge in [0.1, 0.15) is 5.75 Å². The maximum Gasteiger partial charge on any atom is 0.233 e. The van der Waals surface area contributed by atoms with E-state index in [1.165, 1.54) is 11.8 Å². The molecule has 0 atom stereocenters. The second-order valence-corrected chi connectivity index (χ2v) is 8.01. The highest BCUT2D eigenvalue weighted by Crippen LogP contribution is 2.29. The van der Waals surface area contributed by atoms with Gasteiger partial charge in [-0.05, 0) is 48.5 Å². The molecule has 0 radical (unpaired) electrons. The van der Waals surface area contributed by atoms with Crippen LogP contribution in [-0.2, 0) is 9.53 Å². The second-order valence-electron chi connectivity index (χ2n) is 6.63. The molecule has 9 heteroatoms. The first-order chi connectivity index (χ1) is 14.7. The molecule has 156 valence electrons. The lowest BCUT2D eigenvalue weighted by atomic mass is 10.2. The Balaban J connectivity index is 1.63. The van der Waals surface area contributed by atoms with Crippen LogP contribution in [0.5, 0.6) is 5.75 Å². The van der Waals surface area contributed by atoms with Gasteiger partial charge in [-0.25, -0.2) is 0 Å². The lowest BCUT2D eigenvalue weighted by Gasteiger charge is -2.26. The number of amides is 1. The van der Waals surface area contributed by atoms with Crippen molar-refractivity contribution >= 4 is 29.3 Å². The number of thioether (sulfide) groups is 1. The van der Waals surface area contributed by atoms with Crippen molar-refractivity contribution in [2.75, 3.05) is 39.2 Å². The first-order valence-electron chi connectivity index (χ1n) is 9.50. The van der Waals surface area contributed by atoms with Gasteiger partial charge in [0.25, 0.3) is 0 Å². The molecule has 7 nitrogen and oxygen atoms in total. The van der Waals surface area contributed by atoms with Crippen molar-refractivity contribution in [3.63, 3.8) is 0 Å². The monoisotopic (exact) mass is 444 g/mol. The molecule has 3 aromatic rings. The number of carbonyl (C=O) groups excluding carboxylic acids is 1. The standard InChI is InChI=1S/C21H21ClN4O3S/c1-28-18-8-6-17(7-9-18)26-20(15-2-4-16(22)5-3-15)23-24-21(26)30-14-19(27)25-10-12-29-13-11-25/h2-9H,10-14H2,1H3. The van der Waals surface area contributed by atoms with Gasteiger partial charge in [-0.3, -0.25) is 9.36 Å². The zero-order valence-electron chi connectivity index (χ0n) is 16.5. The summed E-state index contributed by atoms with van der Waals surface area (Å²) in [6, 6.07) is 15.1. The van der Waals surface area contributed by atoms with Crippen molar-refractivity contribution in [2.45, 2.75) is 5.16 Å². The van der Waals surface area contributed by atoms with Crippen LogP contribution in [0, 0.1) is 0 Å². The Labute approximate surface area is 183 Å². The van der Waals surface area contributed by atoms with Gasteiger partial charge in [0.15, 0.2) is 11.0 Å². The first-order valence-corrected chi connectivity index (χ1v) is 10.9. The van der Waals surface area contributed by atoms with Crippen molar-refractivity contribution in [2.24, 2.45) is 0 Å². The zero-order valence-corrected chi connectivity index (χ0v) is 18.0. The van der Waals surface area contributed by atoms with Crippen molar-refractivity contribution in [3.8, 4) is 22.8 Å². The van der Waals surface area contributed by atoms with Crippen LogP contribution < -0.4 is 4.74 Å². The number of carbonyl (C=O) groups is 1. The maximum atomic E-state index is 12.6. The van der Waals surface area contributed by atoms with Gasteiger partial charge in [-0.1, -0.05) is 23.4 Å². The Bertz CT molecular complexity index is 1000. The molecule has 1 fully saturated rings. The molecule has 0 N–H and O–H groups in total. The molecule has 4 rings (SSSR count). The van der Waals surface area contributed by atoms with Crippen LogP contribution in [0.15, 0.2) is 53.7 Å². The summed E-state index contributed by atoms with van der Waals surface area (Å²) in [4.78, 5) is 14.4. The number of hydrogen-bond donors (Lipinski definition) is 0. The predicted molar refractivity (Wildman–Crippen MR) is 116 cm³/mol.